The third kappa shape index (κ3) is 6.52. The molecule has 0 saturated heterocycles. The normalized spacial score (nSPS) is 10.1. The van der Waals surface area contributed by atoms with Gasteiger partial charge >= 0.3 is 35.5 Å². The molecule has 0 spiro atoms. The fraction of sp³-hybridized carbons (Fsp3) is 0.333. The van der Waals surface area contributed by atoms with E-state index < -0.39 is 5.97 Å². The molecular weight excluding hydrogens is 223 g/mol. The number of nitriles is 1. The molecule has 0 aromatic carbocycles. The number of rotatable bonds is 5. The Bertz CT molecular complexity index is 297. The molecule has 0 aromatic heterocycles. The van der Waals surface area contributed by atoms with Crippen molar-refractivity contribution in [3.05, 3.63) is 23.3 Å². The summed E-state index contributed by atoms with van der Waals surface area (Å²) >= 11 is 4.81. The van der Waals surface area contributed by atoms with Gasteiger partial charge in [0.15, 0.2) is 0 Å². The monoisotopic (exact) mass is 234 g/mol. The standard InChI is InChI=1S/C9H12N2O2S.Na/c1-3-5-11-8(14)7(6-10)9(12)13-4-2;/h3,11,14H,1,4-5H2,2H3;/q;+1/p-1/b8-7+;. The van der Waals surface area contributed by atoms with Crippen molar-refractivity contribution < 1.29 is 39.1 Å². The van der Waals surface area contributed by atoms with Crippen molar-refractivity contribution in [2.45, 2.75) is 6.92 Å². The number of carbonyl (C=O) groups excluding carboxylic acids is 1. The molecule has 0 atom stereocenters. The molecule has 4 nitrogen and oxygen atoms in total. The first-order chi connectivity index (χ1) is 6.67. The van der Waals surface area contributed by atoms with Gasteiger partial charge in [-0.25, -0.2) is 4.79 Å². The molecule has 0 unspecified atom stereocenters. The van der Waals surface area contributed by atoms with Crippen molar-refractivity contribution in [3.63, 3.8) is 0 Å². The van der Waals surface area contributed by atoms with Gasteiger partial charge in [0, 0.05) is 6.54 Å². The van der Waals surface area contributed by atoms with Gasteiger partial charge in [0.2, 0.25) is 0 Å². The maximum Gasteiger partial charge on any atom is 1.00 e. The van der Waals surface area contributed by atoms with Crippen LogP contribution in [0.4, 0.5) is 0 Å². The van der Waals surface area contributed by atoms with Crippen LogP contribution in [0, 0.1) is 11.3 Å². The van der Waals surface area contributed by atoms with Gasteiger partial charge in [-0.1, -0.05) is 11.1 Å². The van der Waals surface area contributed by atoms with Crippen molar-refractivity contribution in [1.82, 2.24) is 5.32 Å². The van der Waals surface area contributed by atoms with Crippen LogP contribution in [0.15, 0.2) is 23.3 Å². The Hall–Kier alpha value is -0.540. The third-order valence-electron chi connectivity index (χ3n) is 1.23. The molecule has 15 heavy (non-hydrogen) atoms. The molecular formula is C9H11N2NaO2S. The summed E-state index contributed by atoms with van der Waals surface area (Å²) in [5.41, 5.74) is -0.177. The van der Waals surface area contributed by atoms with Crippen LogP contribution in [-0.2, 0) is 22.2 Å². The smallest absolute Gasteiger partial charge is 0.761 e. The molecule has 0 aromatic rings. The fourth-order valence-electron chi connectivity index (χ4n) is 0.646. The summed E-state index contributed by atoms with van der Waals surface area (Å²) in [5.74, 6) is -0.698. The predicted octanol–water partition coefficient (Wildman–Crippen LogP) is -2.39. The van der Waals surface area contributed by atoms with Crippen molar-refractivity contribution in [3.8, 4) is 6.07 Å². The zero-order valence-corrected chi connectivity index (χ0v) is 11.7. The van der Waals surface area contributed by atoms with Gasteiger partial charge in [-0.15, -0.1) is 6.58 Å². The van der Waals surface area contributed by atoms with E-state index in [0.717, 1.165) is 0 Å². The number of nitrogens with one attached hydrogen (secondary N) is 1. The molecule has 0 radical (unpaired) electrons. The Balaban J connectivity index is 0. The van der Waals surface area contributed by atoms with E-state index in [0.29, 0.717) is 6.54 Å². The van der Waals surface area contributed by atoms with E-state index >= 15 is 0 Å². The van der Waals surface area contributed by atoms with Crippen LogP contribution < -0.4 is 34.9 Å². The molecule has 6 heteroatoms. The number of hydrogen-bond acceptors (Lipinski definition) is 5. The van der Waals surface area contributed by atoms with Gasteiger partial charge in [-0.2, -0.15) is 5.26 Å². The van der Waals surface area contributed by atoms with E-state index in [1.165, 1.54) is 0 Å². The topological polar surface area (TPSA) is 62.1 Å². The maximum absolute atomic E-state index is 11.1. The van der Waals surface area contributed by atoms with E-state index in [-0.39, 0.29) is 46.8 Å². The van der Waals surface area contributed by atoms with Crippen LogP contribution in [0.25, 0.3) is 0 Å². The average molecular weight is 234 g/mol. The summed E-state index contributed by atoms with van der Waals surface area (Å²) in [6, 6.07) is 1.70. The number of hydrogen-bond donors (Lipinski definition) is 1. The van der Waals surface area contributed by atoms with Gasteiger partial charge in [-0.05, 0) is 6.92 Å². The number of carbonyl (C=O) groups is 1. The van der Waals surface area contributed by atoms with Crippen molar-refractivity contribution in [2.24, 2.45) is 0 Å². The predicted molar refractivity (Wildman–Crippen MR) is 54.8 cm³/mol. The van der Waals surface area contributed by atoms with Gasteiger partial charge in [-0.3, -0.25) is 0 Å². The van der Waals surface area contributed by atoms with Crippen molar-refractivity contribution in [2.75, 3.05) is 13.2 Å². The third-order valence-corrected chi connectivity index (χ3v) is 1.57. The zero-order valence-electron chi connectivity index (χ0n) is 8.87. The first-order valence-electron chi connectivity index (χ1n) is 4.00. The Labute approximate surface area is 117 Å². The maximum atomic E-state index is 11.1. The number of nitrogens with zero attached hydrogens (tertiary/aromatic N) is 1. The second kappa shape index (κ2) is 9.99. The molecule has 0 saturated carbocycles. The zero-order chi connectivity index (χ0) is 11.0. The van der Waals surface area contributed by atoms with Crippen molar-refractivity contribution in [1.29, 1.82) is 5.26 Å². The summed E-state index contributed by atoms with van der Waals surface area (Å²) < 4.78 is 4.64. The van der Waals surface area contributed by atoms with E-state index in [1.807, 2.05) is 0 Å². The first-order valence-corrected chi connectivity index (χ1v) is 4.41. The number of esters is 1. The van der Waals surface area contributed by atoms with E-state index in [4.69, 9.17) is 17.9 Å². The fourth-order valence-corrected chi connectivity index (χ4v) is 0.858. The van der Waals surface area contributed by atoms with E-state index in [1.54, 1.807) is 19.1 Å². The summed E-state index contributed by atoms with van der Waals surface area (Å²) in [6.07, 6.45) is 1.58. The molecule has 76 valence electrons. The largest absolute Gasteiger partial charge is 1.00 e. The van der Waals surface area contributed by atoms with Crippen LogP contribution in [0.2, 0.25) is 0 Å². The first kappa shape index (κ1) is 16.9. The molecule has 0 rings (SSSR count). The Morgan fingerprint density at radius 1 is 1.73 bits per heavy atom. The van der Waals surface area contributed by atoms with Crippen molar-refractivity contribution >= 4 is 18.6 Å². The Morgan fingerprint density at radius 2 is 2.33 bits per heavy atom. The van der Waals surface area contributed by atoms with Crippen LogP contribution in [0.5, 0.6) is 0 Å². The summed E-state index contributed by atoms with van der Waals surface area (Å²) in [6.45, 7) is 5.75. The molecule has 0 heterocycles. The SMILES string of the molecule is C=CCN/C([S-])=C(/C#N)C(=O)OCC.[Na+]. The second-order valence-electron chi connectivity index (χ2n) is 2.21. The average Bonchev–Trinajstić information content (AvgIpc) is 2.16. The van der Waals surface area contributed by atoms with E-state index in [9.17, 15) is 4.79 Å². The molecule has 0 amide bonds. The number of ether oxygens (including phenoxy) is 1. The molecule has 1 N–H and O–H groups in total. The minimum Gasteiger partial charge on any atom is -0.761 e. The van der Waals surface area contributed by atoms with E-state index in [2.05, 4.69) is 16.6 Å². The van der Waals surface area contributed by atoms with Crippen LogP contribution in [-0.4, -0.2) is 19.1 Å². The minimum absolute atomic E-state index is 0. The van der Waals surface area contributed by atoms with Gasteiger partial charge < -0.3 is 22.7 Å². The van der Waals surface area contributed by atoms with Crippen LogP contribution >= 0.6 is 0 Å². The summed E-state index contributed by atoms with van der Waals surface area (Å²) in [4.78, 5) is 11.1. The molecule has 0 aliphatic rings. The molecule has 0 aliphatic heterocycles. The van der Waals surface area contributed by atoms with Gasteiger partial charge in [0.1, 0.15) is 11.6 Å². The molecule has 0 bridgehead atoms. The summed E-state index contributed by atoms with van der Waals surface area (Å²) in [5, 5.41) is 11.4. The quantitative estimate of drug-likeness (QED) is 0.144. The van der Waals surface area contributed by atoms with Crippen LogP contribution in [0.3, 0.4) is 0 Å². The van der Waals surface area contributed by atoms with Crippen LogP contribution in [0.1, 0.15) is 6.92 Å². The second-order valence-corrected chi connectivity index (χ2v) is 2.61. The molecule has 0 fully saturated rings. The minimum atomic E-state index is -0.698. The van der Waals surface area contributed by atoms with Gasteiger partial charge in [0.25, 0.3) is 0 Å². The Morgan fingerprint density at radius 3 is 2.73 bits per heavy atom. The summed E-state index contributed by atoms with van der Waals surface area (Å²) in [7, 11) is 0. The molecule has 0 aliphatic carbocycles. The van der Waals surface area contributed by atoms with Gasteiger partial charge in [0.05, 0.1) is 6.61 Å². The Kier molecular flexibility index (Phi) is 11.2.